The second-order valence-corrected chi connectivity index (χ2v) is 9.41. The number of aromatic nitrogens is 5. The third kappa shape index (κ3) is 4.22. The molecule has 5 heterocycles. The van der Waals surface area contributed by atoms with Gasteiger partial charge in [-0.25, -0.2) is 9.78 Å². The van der Waals surface area contributed by atoms with Crippen LogP contribution in [0.4, 0.5) is 5.82 Å². The van der Waals surface area contributed by atoms with E-state index in [0.29, 0.717) is 30.1 Å². The van der Waals surface area contributed by atoms with Crippen molar-refractivity contribution in [3.05, 3.63) is 62.6 Å². The molecule has 1 fully saturated rings. The molecule has 11 nitrogen and oxygen atoms in total. The zero-order chi connectivity index (χ0) is 27.0. The van der Waals surface area contributed by atoms with Crippen molar-refractivity contribution >= 4 is 33.8 Å². The third-order valence-electron chi connectivity index (χ3n) is 6.97. The van der Waals surface area contributed by atoms with Crippen LogP contribution in [0, 0.1) is 11.8 Å². The Labute approximate surface area is 218 Å². The molecule has 0 spiro atoms. The van der Waals surface area contributed by atoms with Gasteiger partial charge >= 0.3 is 5.69 Å². The Balaban J connectivity index is 1.79. The summed E-state index contributed by atoms with van der Waals surface area (Å²) in [5.41, 5.74) is 7.96. The maximum atomic E-state index is 14.0. The zero-order valence-electron chi connectivity index (χ0n) is 21.7. The molecule has 1 unspecified atom stereocenters. The number of carbonyl (C=O) groups excluding carboxylic acids is 1. The van der Waals surface area contributed by atoms with E-state index in [4.69, 9.17) is 5.73 Å². The molecule has 38 heavy (non-hydrogen) atoms. The molecule has 0 bridgehead atoms. The van der Waals surface area contributed by atoms with Crippen molar-refractivity contribution in [3.8, 4) is 11.8 Å². The number of anilines is 1. The number of nitrogens with zero attached hydrogens (tertiary/aromatic N) is 6. The first kappa shape index (κ1) is 25.2. The lowest BCUT2D eigenvalue weighted by Gasteiger charge is -2.33. The van der Waals surface area contributed by atoms with E-state index in [2.05, 4.69) is 27.1 Å². The van der Waals surface area contributed by atoms with Crippen molar-refractivity contribution in [2.24, 2.45) is 12.8 Å². The van der Waals surface area contributed by atoms with Gasteiger partial charge in [-0.15, -0.1) is 5.92 Å². The molecule has 1 aliphatic rings. The van der Waals surface area contributed by atoms with Crippen molar-refractivity contribution in [1.29, 1.82) is 0 Å². The van der Waals surface area contributed by atoms with Crippen LogP contribution in [0.1, 0.15) is 35.8 Å². The molecule has 1 amide bonds. The highest BCUT2D eigenvalue weighted by atomic mass is 16.2. The van der Waals surface area contributed by atoms with E-state index in [1.165, 1.54) is 11.6 Å². The van der Waals surface area contributed by atoms with Crippen molar-refractivity contribution in [2.75, 3.05) is 25.0 Å². The van der Waals surface area contributed by atoms with Gasteiger partial charge in [0.25, 0.3) is 11.5 Å². The van der Waals surface area contributed by atoms with Crippen LogP contribution in [-0.2, 0) is 20.1 Å². The Morgan fingerprint density at radius 1 is 1.18 bits per heavy atom. The maximum absolute atomic E-state index is 14.0. The number of piperidine rings is 1. The van der Waals surface area contributed by atoms with Crippen molar-refractivity contribution in [2.45, 2.75) is 38.9 Å². The molecule has 0 aliphatic carbocycles. The quantitative estimate of drug-likeness (QED) is 0.377. The van der Waals surface area contributed by atoms with E-state index in [1.54, 1.807) is 36.9 Å². The van der Waals surface area contributed by atoms with Gasteiger partial charge in [0.2, 0.25) is 0 Å². The Kier molecular flexibility index (Phi) is 6.73. The minimum Gasteiger partial charge on any atom is -0.356 e. The molecule has 3 N–H and O–H groups in total. The first-order chi connectivity index (χ1) is 18.3. The Morgan fingerprint density at radius 2 is 2.00 bits per heavy atom. The highest BCUT2D eigenvalue weighted by molar-refractivity contribution is 6.11. The van der Waals surface area contributed by atoms with Crippen LogP contribution in [0.5, 0.6) is 0 Å². The van der Waals surface area contributed by atoms with Crippen molar-refractivity contribution < 1.29 is 4.79 Å². The van der Waals surface area contributed by atoms with E-state index >= 15 is 0 Å². The van der Waals surface area contributed by atoms with Crippen molar-refractivity contribution in [1.82, 2.24) is 29.0 Å². The fourth-order valence-electron chi connectivity index (χ4n) is 5.19. The molecule has 0 radical (unpaired) electrons. The second-order valence-electron chi connectivity index (χ2n) is 9.41. The molecule has 1 atom stereocenters. The summed E-state index contributed by atoms with van der Waals surface area (Å²) in [6, 6.07) is 7.11. The number of nitrogens with two attached hydrogens (primary N) is 1. The van der Waals surface area contributed by atoms with Crippen LogP contribution >= 0.6 is 0 Å². The molecule has 0 saturated carbocycles. The van der Waals surface area contributed by atoms with E-state index in [9.17, 15) is 14.4 Å². The second kappa shape index (κ2) is 10.1. The first-order valence-corrected chi connectivity index (χ1v) is 12.5. The highest BCUT2D eigenvalue weighted by Crippen LogP contribution is 2.32. The topological polar surface area (TPSA) is 133 Å². The van der Waals surface area contributed by atoms with Crippen LogP contribution in [0.25, 0.3) is 22.1 Å². The smallest absolute Gasteiger partial charge is 0.331 e. The molecule has 5 rings (SSSR count). The van der Waals surface area contributed by atoms with Crippen LogP contribution in [0.3, 0.4) is 0 Å². The minimum atomic E-state index is -0.540. The number of carbonyl (C=O) groups is 1. The molecule has 1 saturated heterocycles. The summed E-state index contributed by atoms with van der Waals surface area (Å²) in [6.07, 6.45) is 3.41. The number of amides is 1. The zero-order valence-corrected chi connectivity index (χ0v) is 21.7. The standard InChI is InChI=1S/C27H30N8O3/c1-4-5-14-34-23-22(21(24(36)29-2)25(34)33-13-7-8-17(28)15-33)32(3)27(38)35(26(23)37)16-18-10-11-19-20(31-18)9-6-12-30-19/h6,9-12,17H,7-8,13-16,28H2,1-3H3,(H,29,36). The summed E-state index contributed by atoms with van der Waals surface area (Å²) in [6.45, 7) is 3.06. The predicted octanol–water partition coefficient (Wildman–Crippen LogP) is 0.804. The van der Waals surface area contributed by atoms with Crippen LogP contribution in [-0.4, -0.2) is 55.8 Å². The summed E-state index contributed by atoms with van der Waals surface area (Å²) < 4.78 is 4.28. The third-order valence-corrected chi connectivity index (χ3v) is 6.97. The SMILES string of the molecule is CC#CCn1c(N2CCCC(N)C2)c(C(=O)NC)c2c1c(=O)n(Cc1ccc3ncccc3n1)c(=O)n2C. The number of fused-ring (bicyclic) bond motifs is 2. The van der Waals surface area contributed by atoms with Gasteiger partial charge in [0.15, 0.2) is 0 Å². The molecule has 0 aromatic carbocycles. The van der Waals surface area contributed by atoms with Crippen LogP contribution in [0.2, 0.25) is 0 Å². The summed E-state index contributed by atoms with van der Waals surface area (Å²) in [5, 5.41) is 2.68. The van der Waals surface area contributed by atoms with E-state index in [0.717, 1.165) is 22.9 Å². The highest BCUT2D eigenvalue weighted by Gasteiger charge is 2.32. The lowest BCUT2D eigenvalue weighted by atomic mass is 10.1. The number of aryl methyl sites for hydroxylation is 1. The van der Waals surface area contributed by atoms with E-state index in [1.807, 2.05) is 17.0 Å². The van der Waals surface area contributed by atoms with Gasteiger partial charge in [-0.1, -0.05) is 5.92 Å². The van der Waals surface area contributed by atoms with Gasteiger partial charge < -0.3 is 20.5 Å². The summed E-state index contributed by atoms with van der Waals surface area (Å²) in [4.78, 5) is 51.8. The Hall–Kier alpha value is -4.43. The monoisotopic (exact) mass is 514 g/mol. The number of nitrogens with one attached hydrogen (secondary N) is 1. The normalized spacial score (nSPS) is 15.5. The van der Waals surface area contributed by atoms with E-state index < -0.39 is 11.2 Å². The fraction of sp³-hybridized carbons (Fsp3) is 0.370. The van der Waals surface area contributed by atoms with Gasteiger partial charge in [-0.2, -0.15) is 0 Å². The average molecular weight is 515 g/mol. The fourth-order valence-corrected chi connectivity index (χ4v) is 5.19. The Bertz CT molecular complexity index is 1740. The molecule has 196 valence electrons. The van der Waals surface area contributed by atoms with Gasteiger partial charge in [0.1, 0.15) is 16.9 Å². The lowest BCUT2D eigenvalue weighted by molar-refractivity contribution is 0.0964. The van der Waals surface area contributed by atoms with Crippen LogP contribution in [0.15, 0.2) is 40.1 Å². The van der Waals surface area contributed by atoms with E-state index in [-0.39, 0.29) is 41.6 Å². The number of hydrogen-bond acceptors (Lipinski definition) is 7. The summed E-state index contributed by atoms with van der Waals surface area (Å²) in [5.74, 6) is 6.08. The minimum absolute atomic E-state index is 0.0316. The van der Waals surface area contributed by atoms with Gasteiger partial charge in [0, 0.05) is 39.4 Å². The lowest BCUT2D eigenvalue weighted by Crippen LogP contribution is -2.44. The summed E-state index contributed by atoms with van der Waals surface area (Å²) in [7, 11) is 3.11. The average Bonchev–Trinajstić information content (AvgIpc) is 3.27. The molecular weight excluding hydrogens is 484 g/mol. The first-order valence-electron chi connectivity index (χ1n) is 12.5. The van der Waals surface area contributed by atoms with Crippen molar-refractivity contribution in [3.63, 3.8) is 0 Å². The molecule has 1 aliphatic heterocycles. The van der Waals surface area contributed by atoms with Gasteiger partial charge in [-0.05, 0) is 44.0 Å². The van der Waals surface area contributed by atoms with Gasteiger partial charge in [-0.3, -0.25) is 23.7 Å². The largest absolute Gasteiger partial charge is 0.356 e. The van der Waals surface area contributed by atoms with Crippen LogP contribution < -0.4 is 27.2 Å². The maximum Gasteiger partial charge on any atom is 0.331 e. The Morgan fingerprint density at radius 3 is 2.74 bits per heavy atom. The molecule has 11 heteroatoms. The number of hydrogen-bond donors (Lipinski definition) is 2. The number of rotatable bonds is 5. The number of pyridine rings is 2. The molecule has 4 aromatic rings. The molecule has 4 aromatic heterocycles. The van der Waals surface area contributed by atoms with Gasteiger partial charge in [0.05, 0.1) is 35.3 Å². The molecular formula is C27H30N8O3. The predicted molar refractivity (Wildman–Crippen MR) is 146 cm³/mol. The summed E-state index contributed by atoms with van der Waals surface area (Å²) >= 11 is 0.